The second-order valence-corrected chi connectivity index (χ2v) is 6.62. The van der Waals surface area contributed by atoms with Crippen LogP contribution < -0.4 is 0 Å². The normalized spacial score (nSPS) is 11.4. The summed E-state index contributed by atoms with van der Waals surface area (Å²) in [5, 5.41) is 4.33. The Labute approximate surface area is 144 Å². The van der Waals surface area contributed by atoms with Crippen molar-refractivity contribution < 1.29 is 0 Å². The van der Waals surface area contributed by atoms with E-state index in [0.29, 0.717) is 0 Å². The minimum absolute atomic E-state index is 0.777. The van der Waals surface area contributed by atoms with Crippen molar-refractivity contribution in [2.75, 3.05) is 0 Å². The van der Waals surface area contributed by atoms with E-state index in [1.54, 1.807) is 11.3 Å². The number of hydrogen-bond acceptors (Lipinski definition) is 4. The van der Waals surface area contributed by atoms with Gasteiger partial charge in [-0.15, -0.1) is 0 Å². The fraction of sp³-hybridized carbons (Fsp3) is 0.158. The Balaban J connectivity index is 1.56. The Kier molecular flexibility index (Phi) is 4.36. The standard InChI is InChI=1S/C19H18N4S/c1-2-6-18-17(5-1)21-19(22-18)13-23(12-16-7-9-24-14-16)11-15-4-3-8-20-10-15/h1-10,14H,11-13H2,(H,21,22). The third kappa shape index (κ3) is 3.53. The van der Waals surface area contributed by atoms with Gasteiger partial charge in [-0.05, 0) is 46.2 Å². The first-order valence-corrected chi connectivity index (χ1v) is 8.87. The summed E-state index contributed by atoms with van der Waals surface area (Å²) in [5.41, 5.74) is 4.65. The topological polar surface area (TPSA) is 44.8 Å². The van der Waals surface area contributed by atoms with Crippen molar-refractivity contribution >= 4 is 22.4 Å². The number of H-pyrrole nitrogens is 1. The minimum Gasteiger partial charge on any atom is -0.341 e. The van der Waals surface area contributed by atoms with Gasteiger partial charge in [0.15, 0.2) is 0 Å². The Morgan fingerprint density at radius 3 is 2.67 bits per heavy atom. The van der Waals surface area contributed by atoms with Crippen molar-refractivity contribution in [3.63, 3.8) is 0 Å². The van der Waals surface area contributed by atoms with Gasteiger partial charge in [0, 0.05) is 25.5 Å². The second kappa shape index (κ2) is 6.95. The number of aromatic nitrogens is 3. The maximum Gasteiger partial charge on any atom is 0.121 e. The van der Waals surface area contributed by atoms with Crippen molar-refractivity contribution in [1.29, 1.82) is 0 Å². The molecule has 0 saturated heterocycles. The van der Waals surface area contributed by atoms with E-state index in [9.17, 15) is 0 Å². The maximum absolute atomic E-state index is 4.71. The number of fused-ring (bicyclic) bond motifs is 1. The fourth-order valence-electron chi connectivity index (χ4n) is 2.85. The van der Waals surface area contributed by atoms with Crippen LogP contribution >= 0.6 is 11.3 Å². The molecule has 0 unspecified atom stereocenters. The first-order chi connectivity index (χ1) is 11.9. The molecule has 1 N–H and O–H groups in total. The van der Waals surface area contributed by atoms with Crippen molar-refractivity contribution in [3.8, 4) is 0 Å². The molecule has 0 saturated carbocycles. The molecule has 0 fully saturated rings. The Morgan fingerprint density at radius 2 is 1.88 bits per heavy atom. The summed E-state index contributed by atoms with van der Waals surface area (Å²) in [4.78, 5) is 14.8. The third-order valence-corrected chi connectivity index (χ3v) is 4.66. The Bertz CT molecular complexity index is 866. The molecule has 0 aliphatic heterocycles. The summed E-state index contributed by atoms with van der Waals surface area (Å²) in [7, 11) is 0. The van der Waals surface area contributed by atoms with Gasteiger partial charge in [0.2, 0.25) is 0 Å². The molecular formula is C19H18N4S. The number of pyridine rings is 1. The van der Waals surface area contributed by atoms with Crippen LogP contribution in [0.25, 0.3) is 11.0 Å². The molecule has 4 rings (SSSR count). The molecule has 0 bridgehead atoms. The molecule has 4 nitrogen and oxygen atoms in total. The van der Waals surface area contributed by atoms with Gasteiger partial charge in [0.25, 0.3) is 0 Å². The zero-order valence-corrected chi connectivity index (χ0v) is 14.0. The quantitative estimate of drug-likeness (QED) is 0.574. The van der Waals surface area contributed by atoms with E-state index in [2.05, 4.69) is 43.8 Å². The summed E-state index contributed by atoms with van der Waals surface area (Å²) in [6, 6.07) is 14.4. The van der Waals surface area contributed by atoms with Crippen LogP contribution in [0.15, 0.2) is 65.6 Å². The molecule has 0 aliphatic carbocycles. The lowest BCUT2D eigenvalue weighted by atomic mass is 10.2. The van der Waals surface area contributed by atoms with Crippen LogP contribution in [-0.4, -0.2) is 19.9 Å². The molecule has 0 aliphatic rings. The predicted molar refractivity (Wildman–Crippen MR) is 97.6 cm³/mol. The van der Waals surface area contributed by atoms with Crippen molar-refractivity contribution in [2.45, 2.75) is 19.6 Å². The largest absolute Gasteiger partial charge is 0.341 e. The SMILES string of the molecule is c1cncc(CN(Cc2ccsc2)Cc2nc3ccccc3[nH]2)c1. The smallest absolute Gasteiger partial charge is 0.121 e. The van der Waals surface area contributed by atoms with E-state index in [-0.39, 0.29) is 0 Å². The molecule has 1 aromatic carbocycles. The van der Waals surface area contributed by atoms with Crippen molar-refractivity contribution in [1.82, 2.24) is 19.9 Å². The average molecular weight is 334 g/mol. The van der Waals surface area contributed by atoms with Crippen LogP contribution in [0, 0.1) is 0 Å². The van der Waals surface area contributed by atoms with Crippen LogP contribution in [0.3, 0.4) is 0 Å². The molecule has 120 valence electrons. The predicted octanol–water partition coefficient (Wildman–Crippen LogP) is 4.22. The van der Waals surface area contributed by atoms with Gasteiger partial charge in [0.05, 0.1) is 17.6 Å². The lowest BCUT2D eigenvalue weighted by Crippen LogP contribution is -2.22. The zero-order chi connectivity index (χ0) is 16.2. The molecule has 24 heavy (non-hydrogen) atoms. The highest BCUT2D eigenvalue weighted by molar-refractivity contribution is 7.07. The lowest BCUT2D eigenvalue weighted by Gasteiger charge is -2.20. The average Bonchev–Trinajstić information content (AvgIpc) is 3.24. The minimum atomic E-state index is 0.777. The van der Waals surface area contributed by atoms with Crippen LogP contribution in [0.5, 0.6) is 0 Å². The van der Waals surface area contributed by atoms with Crippen molar-refractivity contribution in [2.24, 2.45) is 0 Å². The lowest BCUT2D eigenvalue weighted by molar-refractivity contribution is 0.242. The van der Waals surface area contributed by atoms with Gasteiger partial charge in [-0.1, -0.05) is 18.2 Å². The highest BCUT2D eigenvalue weighted by Gasteiger charge is 2.11. The number of benzene rings is 1. The fourth-order valence-corrected chi connectivity index (χ4v) is 3.51. The summed E-state index contributed by atoms with van der Waals surface area (Å²) < 4.78 is 0. The highest BCUT2D eigenvalue weighted by atomic mass is 32.1. The molecule has 5 heteroatoms. The van der Waals surface area contributed by atoms with Crippen LogP contribution in [0.4, 0.5) is 0 Å². The number of imidazole rings is 1. The van der Waals surface area contributed by atoms with Gasteiger partial charge < -0.3 is 4.98 Å². The van der Waals surface area contributed by atoms with Gasteiger partial charge in [-0.2, -0.15) is 11.3 Å². The number of rotatable bonds is 6. The number of nitrogens with one attached hydrogen (secondary N) is 1. The van der Waals surface area contributed by atoms with Gasteiger partial charge in [-0.3, -0.25) is 9.88 Å². The molecular weight excluding hydrogens is 316 g/mol. The summed E-state index contributed by atoms with van der Waals surface area (Å²) in [5.74, 6) is 0.996. The first kappa shape index (κ1) is 15.1. The van der Waals surface area contributed by atoms with E-state index in [0.717, 1.165) is 36.5 Å². The van der Waals surface area contributed by atoms with E-state index in [1.165, 1.54) is 11.1 Å². The monoisotopic (exact) mass is 334 g/mol. The van der Waals surface area contributed by atoms with E-state index in [4.69, 9.17) is 4.98 Å². The summed E-state index contributed by atoms with van der Waals surface area (Å²) >= 11 is 1.74. The van der Waals surface area contributed by atoms with E-state index < -0.39 is 0 Å². The number of para-hydroxylation sites is 2. The number of nitrogens with zero attached hydrogens (tertiary/aromatic N) is 3. The molecule has 3 heterocycles. The molecule has 4 aromatic rings. The number of aromatic amines is 1. The molecule has 0 spiro atoms. The molecule has 3 aromatic heterocycles. The van der Waals surface area contributed by atoms with Gasteiger partial charge >= 0.3 is 0 Å². The number of hydrogen-bond donors (Lipinski definition) is 1. The van der Waals surface area contributed by atoms with Gasteiger partial charge in [0.1, 0.15) is 5.82 Å². The van der Waals surface area contributed by atoms with E-state index in [1.807, 2.05) is 36.7 Å². The Morgan fingerprint density at radius 1 is 0.958 bits per heavy atom. The maximum atomic E-state index is 4.71. The first-order valence-electron chi connectivity index (χ1n) is 7.93. The van der Waals surface area contributed by atoms with Gasteiger partial charge in [-0.25, -0.2) is 4.98 Å². The van der Waals surface area contributed by atoms with Crippen molar-refractivity contribution in [3.05, 3.63) is 82.6 Å². The second-order valence-electron chi connectivity index (χ2n) is 5.84. The molecule has 0 amide bonds. The number of thiophene rings is 1. The third-order valence-electron chi connectivity index (χ3n) is 3.93. The molecule has 0 radical (unpaired) electrons. The van der Waals surface area contributed by atoms with Crippen LogP contribution in [0.1, 0.15) is 17.0 Å². The zero-order valence-electron chi connectivity index (χ0n) is 13.2. The van der Waals surface area contributed by atoms with E-state index >= 15 is 0 Å². The Hall–Kier alpha value is -2.50. The molecule has 0 atom stereocenters. The summed E-state index contributed by atoms with van der Waals surface area (Å²) in [6.07, 6.45) is 3.74. The summed E-state index contributed by atoms with van der Waals surface area (Å²) in [6.45, 7) is 2.52. The van der Waals surface area contributed by atoms with Crippen LogP contribution in [0.2, 0.25) is 0 Å². The highest BCUT2D eigenvalue weighted by Crippen LogP contribution is 2.16. The van der Waals surface area contributed by atoms with Crippen LogP contribution in [-0.2, 0) is 19.6 Å².